The highest BCUT2D eigenvalue weighted by Crippen LogP contribution is 2.35. The van der Waals surface area contributed by atoms with E-state index in [9.17, 15) is 18.0 Å². The van der Waals surface area contributed by atoms with Crippen LogP contribution in [-0.2, 0) is 6.18 Å². The number of carboxylic acids is 1. The van der Waals surface area contributed by atoms with E-state index in [4.69, 9.17) is 5.11 Å². The van der Waals surface area contributed by atoms with E-state index in [-0.39, 0.29) is 0 Å². The summed E-state index contributed by atoms with van der Waals surface area (Å²) in [5.41, 5.74) is -1.90. The lowest BCUT2D eigenvalue weighted by atomic mass is 10.1. The van der Waals surface area contributed by atoms with Crippen LogP contribution in [0.3, 0.4) is 0 Å². The first-order valence-corrected chi connectivity index (χ1v) is 6.22. The summed E-state index contributed by atoms with van der Waals surface area (Å²) in [7, 11) is 0. The molecule has 1 N–H and O–H groups in total. The van der Waals surface area contributed by atoms with Crippen LogP contribution in [0.5, 0.6) is 0 Å². The van der Waals surface area contributed by atoms with Crippen molar-refractivity contribution in [2.45, 2.75) is 16.0 Å². The Morgan fingerprint density at radius 2 is 1.75 bits per heavy atom. The lowest BCUT2D eigenvalue weighted by molar-refractivity contribution is -0.138. The molecule has 0 bridgehead atoms. The van der Waals surface area contributed by atoms with Gasteiger partial charge >= 0.3 is 12.1 Å². The van der Waals surface area contributed by atoms with Crippen molar-refractivity contribution in [1.29, 1.82) is 0 Å². The third-order valence-electron chi connectivity index (χ3n) is 2.41. The van der Waals surface area contributed by atoms with Crippen molar-refractivity contribution in [1.82, 2.24) is 4.98 Å². The summed E-state index contributed by atoms with van der Waals surface area (Å²) in [5, 5.41) is 8.90. The van der Waals surface area contributed by atoms with Crippen LogP contribution in [0.15, 0.2) is 52.5 Å². The van der Waals surface area contributed by atoms with Gasteiger partial charge in [-0.15, -0.1) is 0 Å². The normalized spacial score (nSPS) is 11.3. The molecule has 0 radical (unpaired) electrons. The van der Waals surface area contributed by atoms with Gasteiger partial charge in [0.1, 0.15) is 0 Å². The molecule has 0 unspecified atom stereocenters. The molecule has 0 atom stereocenters. The first-order chi connectivity index (χ1) is 9.38. The SMILES string of the molecule is O=C(O)c1cc(Sc2ccncc2)ccc1C(F)(F)F. The van der Waals surface area contributed by atoms with Gasteiger partial charge in [0.05, 0.1) is 11.1 Å². The molecule has 1 aromatic heterocycles. The first-order valence-electron chi connectivity index (χ1n) is 5.40. The van der Waals surface area contributed by atoms with Crippen molar-refractivity contribution in [3.63, 3.8) is 0 Å². The van der Waals surface area contributed by atoms with E-state index >= 15 is 0 Å². The Hall–Kier alpha value is -2.02. The molecule has 0 saturated heterocycles. The summed E-state index contributed by atoms with van der Waals surface area (Å²) in [5.74, 6) is -1.60. The molecule has 1 heterocycles. The zero-order valence-corrected chi connectivity index (χ0v) is 10.7. The zero-order valence-electron chi connectivity index (χ0n) is 9.89. The standard InChI is InChI=1S/C13H8F3NO2S/c14-13(15,16)11-2-1-9(7-10(11)12(18)19)20-8-3-5-17-6-4-8/h1-7H,(H,18,19). The zero-order chi connectivity index (χ0) is 14.8. The largest absolute Gasteiger partial charge is 0.478 e. The molecule has 0 aliphatic heterocycles. The van der Waals surface area contributed by atoms with Crippen molar-refractivity contribution in [3.8, 4) is 0 Å². The summed E-state index contributed by atoms with van der Waals surface area (Å²) >= 11 is 1.17. The Kier molecular flexibility index (Phi) is 3.99. The second kappa shape index (κ2) is 5.54. The minimum Gasteiger partial charge on any atom is -0.478 e. The molecule has 0 spiro atoms. The van der Waals surface area contributed by atoms with Gasteiger partial charge in [-0.05, 0) is 30.3 Å². The van der Waals surface area contributed by atoms with Gasteiger partial charge in [0.25, 0.3) is 0 Å². The van der Waals surface area contributed by atoms with Gasteiger partial charge in [0.2, 0.25) is 0 Å². The molecular weight excluding hydrogens is 291 g/mol. The highest BCUT2D eigenvalue weighted by Gasteiger charge is 2.35. The van der Waals surface area contributed by atoms with Gasteiger partial charge in [-0.2, -0.15) is 13.2 Å². The molecule has 7 heteroatoms. The van der Waals surface area contributed by atoms with Gasteiger partial charge in [0, 0.05) is 22.2 Å². The third kappa shape index (κ3) is 3.30. The van der Waals surface area contributed by atoms with Crippen molar-refractivity contribution in [2.75, 3.05) is 0 Å². The minimum atomic E-state index is -4.69. The Labute approximate surface area is 116 Å². The second-order valence-electron chi connectivity index (χ2n) is 3.80. The highest BCUT2D eigenvalue weighted by atomic mass is 32.2. The van der Waals surface area contributed by atoms with E-state index in [1.165, 1.54) is 17.8 Å². The van der Waals surface area contributed by atoms with E-state index in [0.29, 0.717) is 4.90 Å². The van der Waals surface area contributed by atoms with Gasteiger partial charge in [0.15, 0.2) is 0 Å². The third-order valence-corrected chi connectivity index (χ3v) is 3.41. The van der Waals surface area contributed by atoms with E-state index in [2.05, 4.69) is 4.98 Å². The summed E-state index contributed by atoms with van der Waals surface area (Å²) in [4.78, 5) is 16.0. The molecule has 0 aliphatic carbocycles. The maximum atomic E-state index is 12.7. The molecule has 20 heavy (non-hydrogen) atoms. The monoisotopic (exact) mass is 299 g/mol. The number of carboxylic acid groups (broad SMARTS) is 1. The smallest absolute Gasteiger partial charge is 0.417 e. The lowest BCUT2D eigenvalue weighted by Crippen LogP contribution is -2.12. The number of rotatable bonds is 3. The average Bonchev–Trinajstić information content (AvgIpc) is 2.38. The molecule has 1 aromatic carbocycles. The molecule has 0 amide bonds. The quantitative estimate of drug-likeness (QED) is 0.932. The van der Waals surface area contributed by atoms with Crippen LogP contribution >= 0.6 is 11.8 Å². The summed E-state index contributed by atoms with van der Waals surface area (Å²) < 4.78 is 38.1. The van der Waals surface area contributed by atoms with Gasteiger partial charge < -0.3 is 5.11 Å². The Balaban J connectivity index is 2.38. The number of aromatic carboxylic acids is 1. The summed E-state index contributed by atoms with van der Waals surface area (Å²) in [6.45, 7) is 0. The molecule has 0 fully saturated rings. The van der Waals surface area contributed by atoms with Crippen LogP contribution in [-0.4, -0.2) is 16.1 Å². The second-order valence-corrected chi connectivity index (χ2v) is 4.94. The first kappa shape index (κ1) is 14.4. The number of pyridine rings is 1. The van der Waals surface area contributed by atoms with E-state index < -0.39 is 23.3 Å². The van der Waals surface area contributed by atoms with E-state index in [0.717, 1.165) is 17.0 Å². The molecule has 104 valence electrons. The number of aromatic nitrogens is 1. The molecule has 0 aliphatic rings. The van der Waals surface area contributed by atoms with Gasteiger partial charge in [-0.3, -0.25) is 4.98 Å². The predicted octanol–water partition coefficient (Wildman–Crippen LogP) is 3.95. The summed E-state index contributed by atoms with van der Waals surface area (Å²) in [6.07, 6.45) is -1.59. The van der Waals surface area contributed by atoms with Gasteiger partial charge in [-0.25, -0.2) is 4.79 Å². The maximum Gasteiger partial charge on any atom is 0.417 e. The number of hydrogen-bond donors (Lipinski definition) is 1. The van der Waals surface area contributed by atoms with Crippen molar-refractivity contribution in [2.24, 2.45) is 0 Å². The molecule has 2 aromatic rings. The summed E-state index contributed by atoms with van der Waals surface area (Å²) in [6, 6.07) is 6.43. The number of carbonyl (C=O) groups is 1. The van der Waals surface area contributed by atoms with Crippen LogP contribution < -0.4 is 0 Å². The van der Waals surface area contributed by atoms with Crippen LogP contribution in [0.25, 0.3) is 0 Å². The Bertz CT molecular complexity index is 629. The fourth-order valence-corrected chi connectivity index (χ4v) is 2.40. The maximum absolute atomic E-state index is 12.7. The van der Waals surface area contributed by atoms with E-state index in [1.807, 2.05) is 0 Å². The lowest BCUT2D eigenvalue weighted by Gasteiger charge is -2.11. The van der Waals surface area contributed by atoms with Crippen LogP contribution in [0.2, 0.25) is 0 Å². The van der Waals surface area contributed by atoms with Crippen molar-refractivity contribution < 1.29 is 23.1 Å². The number of hydrogen-bond acceptors (Lipinski definition) is 3. The number of nitrogens with zero attached hydrogens (tertiary/aromatic N) is 1. The molecule has 3 nitrogen and oxygen atoms in total. The van der Waals surface area contributed by atoms with E-state index in [1.54, 1.807) is 24.5 Å². The predicted molar refractivity (Wildman–Crippen MR) is 66.8 cm³/mol. The number of alkyl halides is 3. The highest BCUT2D eigenvalue weighted by molar-refractivity contribution is 7.99. The fraction of sp³-hybridized carbons (Fsp3) is 0.0769. The molecule has 2 rings (SSSR count). The fourth-order valence-electron chi connectivity index (χ4n) is 1.55. The van der Waals surface area contributed by atoms with Gasteiger partial charge in [-0.1, -0.05) is 11.8 Å². The Morgan fingerprint density at radius 1 is 1.10 bits per heavy atom. The number of halogens is 3. The Morgan fingerprint density at radius 3 is 2.30 bits per heavy atom. The number of benzene rings is 1. The van der Waals surface area contributed by atoms with Crippen molar-refractivity contribution >= 4 is 17.7 Å². The van der Waals surface area contributed by atoms with Crippen LogP contribution in [0.1, 0.15) is 15.9 Å². The average molecular weight is 299 g/mol. The minimum absolute atomic E-state index is 0.418. The molecule has 0 saturated carbocycles. The topological polar surface area (TPSA) is 50.2 Å². The van der Waals surface area contributed by atoms with Crippen molar-refractivity contribution in [3.05, 3.63) is 53.9 Å². The van der Waals surface area contributed by atoms with Crippen LogP contribution in [0.4, 0.5) is 13.2 Å². The van der Waals surface area contributed by atoms with Crippen LogP contribution in [0, 0.1) is 0 Å². The molecular formula is C13H8F3NO2S.